The number of quaternary nitrogens is 1. The molecule has 8 nitrogen and oxygen atoms in total. The number of fused-ring (bicyclic) bond motifs is 1. The van der Waals surface area contributed by atoms with Crippen LogP contribution in [0.1, 0.15) is 60.4 Å². The number of hydrogen-bond donors (Lipinski definition) is 3. The van der Waals surface area contributed by atoms with Crippen LogP contribution < -0.4 is 5.32 Å². The van der Waals surface area contributed by atoms with Crippen LogP contribution in [0.5, 0.6) is 0 Å². The molecule has 1 unspecified atom stereocenters. The number of aromatic carboxylic acids is 1. The minimum Gasteiger partial charge on any atom is -0.478 e. The first-order valence-electron chi connectivity index (χ1n) is 13.2. The number of carbonyl (C=O) groups is 3. The maximum Gasteiger partial charge on any atom is 0.393 e. The number of nitrogens with zero attached hydrogens (tertiary/aromatic N) is 2. The summed E-state index contributed by atoms with van der Waals surface area (Å²) in [5.74, 6) is -1.24. The second-order valence-corrected chi connectivity index (χ2v) is 11.1. The first kappa shape index (κ1) is 24.5. The van der Waals surface area contributed by atoms with Crippen LogP contribution in [-0.4, -0.2) is 57.7 Å². The molecule has 8 heteroatoms. The van der Waals surface area contributed by atoms with Crippen LogP contribution in [0.4, 0.5) is 0 Å². The molecule has 1 atom stereocenters. The molecule has 2 aliphatic heterocycles. The van der Waals surface area contributed by atoms with E-state index in [2.05, 4.69) is 10.3 Å². The van der Waals surface area contributed by atoms with Gasteiger partial charge in [0.1, 0.15) is 11.7 Å². The Bertz CT molecular complexity index is 1560. The van der Waals surface area contributed by atoms with Crippen LogP contribution in [0.3, 0.4) is 0 Å². The predicted molar refractivity (Wildman–Crippen MR) is 145 cm³/mol. The Labute approximate surface area is 220 Å². The molecule has 1 fully saturated rings. The fourth-order valence-electron chi connectivity index (χ4n) is 6.50. The number of carboxylic acids is 1. The van der Waals surface area contributed by atoms with Gasteiger partial charge in [-0.05, 0) is 87.0 Å². The zero-order valence-corrected chi connectivity index (χ0v) is 21.6. The van der Waals surface area contributed by atoms with Crippen molar-refractivity contribution in [3.8, 4) is 11.1 Å². The van der Waals surface area contributed by atoms with E-state index in [4.69, 9.17) is 5.10 Å². The summed E-state index contributed by atoms with van der Waals surface area (Å²) < 4.78 is -0.362. The number of ketones is 1. The van der Waals surface area contributed by atoms with E-state index in [9.17, 15) is 19.5 Å². The fraction of sp³-hybridized carbons (Fsp3) is 0.333. The van der Waals surface area contributed by atoms with Crippen LogP contribution >= 0.6 is 0 Å². The molecule has 1 aromatic heterocycles. The molecule has 1 saturated heterocycles. The van der Waals surface area contributed by atoms with E-state index < -0.39 is 5.97 Å². The largest absolute Gasteiger partial charge is 0.478 e. The molecule has 3 aliphatic rings. The second kappa shape index (κ2) is 8.85. The van der Waals surface area contributed by atoms with Crippen LogP contribution in [0.2, 0.25) is 0 Å². The summed E-state index contributed by atoms with van der Waals surface area (Å²) in [4.78, 5) is 42.8. The van der Waals surface area contributed by atoms with Crippen molar-refractivity contribution < 1.29 is 24.1 Å². The van der Waals surface area contributed by atoms with Crippen molar-refractivity contribution in [1.82, 2.24) is 10.3 Å². The van der Waals surface area contributed by atoms with Gasteiger partial charge in [0, 0.05) is 22.9 Å². The number of carboxylic acid groups (broad SMARTS) is 1. The van der Waals surface area contributed by atoms with Crippen molar-refractivity contribution in [2.24, 2.45) is 10.5 Å². The van der Waals surface area contributed by atoms with Crippen molar-refractivity contribution in [3.05, 3.63) is 71.1 Å². The molecule has 194 valence electrons. The molecule has 1 aliphatic carbocycles. The number of benzene rings is 2. The quantitative estimate of drug-likeness (QED) is 0.432. The van der Waals surface area contributed by atoms with Crippen LogP contribution in [-0.2, 0) is 4.79 Å². The van der Waals surface area contributed by atoms with Gasteiger partial charge in [-0.25, -0.2) is 9.59 Å². The highest BCUT2D eigenvalue weighted by Crippen LogP contribution is 2.49. The van der Waals surface area contributed by atoms with Crippen LogP contribution in [0.25, 0.3) is 22.0 Å². The Morgan fingerprint density at radius 3 is 2.55 bits per heavy atom. The molecule has 1 spiro atoms. The van der Waals surface area contributed by atoms with Gasteiger partial charge >= 0.3 is 11.9 Å². The highest BCUT2D eigenvalue weighted by Gasteiger charge is 2.57. The fourth-order valence-corrected chi connectivity index (χ4v) is 6.50. The molecule has 3 heterocycles. The number of aromatic amines is 1. The summed E-state index contributed by atoms with van der Waals surface area (Å²) in [6.45, 7) is 5.67. The van der Waals surface area contributed by atoms with Gasteiger partial charge < -0.3 is 15.4 Å². The maximum absolute atomic E-state index is 14.3. The first-order chi connectivity index (χ1) is 18.2. The third kappa shape index (κ3) is 3.67. The normalized spacial score (nSPS) is 22.4. The monoisotopic (exact) mass is 511 g/mol. The van der Waals surface area contributed by atoms with Crippen LogP contribution in [0.15, 0.2) is 64.9 Å². The lowest BCUT2D eigenvalue weighted by atomic mass is 9.67. The van der Waals surface area contributed by atoms with Gasteiger partial charge in [-0.1, -0.05) is 34.0 Å². The second-order valence-electron chi connectivity index (χ2n) is 11.1. The number of H-pyrrole nitrogens is 1. The van der Waals surface area contributed by atoms with Gasteiger partial charge in [-0.3, -0.25) is 4.79 Å². The molecule has 6 rings (SSSR count). The smallest absolute Gasteiger partial charge is 0.393 e. The maximum atomic E-state index is 14.3. The zero-order chi connectivity index (χ0) is 26.7. The third-order valence-corrected chi connectivity index (χ3v) is 8.44. The Morgan fingerprint density at radius 1 is 1.05 bits per heavy atom. The van der Waals surface area contributed by atoms with Crippen LogP contribution in [0, 0.1) is 5.41 Å². The van der Waals surface area contributed by atoms with Crippen molar-refractivity contribution in [3.63, 3.8) is 0 Å². The summed E-state index contributed by atoms with van der Waals surface area (Å²) in [5, 5.41) is 18.4. The SMILES string of the molecule is CC(C)[N+]1(C(=O)c2cc3c(-c4cccc(C(=O)O)c4)cccc3[nH]2)N=CC2=C1C(=O)CC1(CCNCC1)C2. The topological polar surface area (TPSA) is 112 Å². The number of hydrogen-bond acceptors (Lipinski definition) is 5. The Balaban J connectivity index is 1.42. The lowest BCUT2D eigenvalue weighted by molar-refractivity contribution is -0.833. The average molecular weight is 512 g/mol. The number of aromatic nitrogens is 1. The number of rotatable bonds is 4. The highest BCUT2D eigenvalue weighted by molar-refractivity contribution is 6.07. The molecule has 2 aromatic carbocycles. The van der Waals surface area contributed by atoms with E-state index in [1.807, 2.05) is 38.1 Å². The minimum absolute atomic E-state index is 0.0231. The minimum atomic E-state index is -0.994. The standard InChI is InChI=1S/C30H30N4O4/c1-18(2)34(27-21(17-32-34)15-30(16-26(27)35)9-11-31-12-10-30)28(36)25-14-23-22(7-4-8-24(23)33-25)19-5-3-6-20(13-19)29(37)38/h3-8,13-14,17-18,31H,9-12,15-16H2,1-2H3,(H-,33,36,37,38)/p+1. The van der Waals surface area contributed by atoms with E-state index in [-0.39, 0.29) is 33.3 Å². The van der Waals surface area contributed by atoms with E-state index in [1.54, 1.807) is 30.5 Å². The van der Waals surface area contributed by atoms with Crippen molar-refractivity contribution in [1.29, 1.82) is 0 Å². The first-order valence-corrected chi connectivity index (χ1v) is 13.2. The van der Waals surface area contributed by atoms with Gasteiger partial charge in [0.05, 0.1) is 11.8 Å². The number of piperidine rings is 1. The predicted octanol–water partition coefficient (Wildman–Crippen LogP) is 4.88. The van der Waals surface area contributed by atoms with E-state index in [1.165, 1.54) is 0 Å². The molecular formula is C30H31N4O4+. The molecule has 1 amide bonds. The lowest BCUT2D eigenvalue weighted by Crippen LogP contribution is -2.54. The molecule has 3 N–H and O–H groups in total. The third-order valence-electron chi connectivity index (χ3n) is 8.44. The molecule has 38 heavy (non-hydrogen) atoms. The molecule has 0 saturated carbocycles. The van der Waals surface area contributed by atoms with Gasteiger partial charge in [0.15, 0.2) is 0 Å². The number of allylic oxidation sites excluding steroid dienone is 2. The number of nitrogens with one attached hydrogen (secondary N) is 2. The number of Topliss-reactive ketones (excluding diaryl/α,β-unsaturated/α-hetero) is 1. The zero-order valence-electron chi connectivity index (χ0n) is 21.6. The van der Waals surface area contributed by atoms with Gasteiger partial charge in [-0.2, -0.15) is 0 Å². The van der Waals surface area contributed by atoms with Gasteiger partial charge in [-0.15, -0.1) is 0 Å². The highest BCUT2D eigenvalue weighted by atomic mass is 16.4. The summed E-state index contributed by atoms with van der Waals surface area (Å²) >= 11 is 0. The molecule has 0 bridgehead atoms. The lowest BCUT2D eigenvalue weighted by Gasteiger charge is -2.41. The Morgan fingerprint density at radius 2 is 1.82 bits per heavy atom. The molecule has 0 radical (unpaired) electrons. The average Bonchev–Trinajstić information content (AvgIpc) is 3.51. The van der Waals surface area contributed by atoms with E-state index >= 15 is 0 Å². The summed E-state index contributed by atoms with van der Waals surface area (Å²) in [6.07, 6.45) is 4.89. The number of carbonyl (C=O) groups excluding carboxylic acids is 2. The molecule has 3 aromatic rings. The van der Waals surface area contributed by atoms with Gasteiger partial charge in [0.2, 0.25) is 11.5 Å². The van der Waals surface area contributed by atoms with E-state index in [0.29, 0.717) is 17.8 Å². The summed E-state index contributed by atoms with van der Waals surface area (Å²) in [6, 6.07) is 14.0. The van der Waals surface area contributed by atoms with Gasteiger partial charge in [0.25, 0.3) is 0 Å². The van der Waals surface area contributed by atoms with Crippen molar-refractivity contribution >= 4 is 34.8 Å². The molecular weight excluding hydrogens is 480 g/mol. The Kier molecular flexibility index (Phi) is 5.70. The number of amides is 1. The van der Waals surface area contributed by atoms with Crippen molar-refractivity contribution in [2.45, 2.75) is 45.6 Å². The Hall–Kier alpha value is -3.88. The van der Waals surface area contributed by atoms with E-state index in [0.717, 1.165) is 60.0 Å². The van der Waals surface area contributed by atoms with Crippen molar-refractivity contribution in [2.75, 3.05) is 13.1 Å². The summed E-state index contributed by atoms with van der Waals surface area (Å²) in [7, 11) is 0. The summed E-state index contributed by atoms with van der Waals surface area (Å²) in [5.41, 5.74) is 4.27.